The van der Waals surface area contributed by atoms with Crippen molar-refractivity contribution in [1.29, 1.82) is 0 Å². The van der Waals surface area contributed by atoms with Gasteiger partial charge in [0.05, 0.1) is 4.75 Å². The quantitative estimate of drug-likeness (QED) is 0.836. The maximum atomic E-state index is 12.5. The molecule has 24 heavy (non-hydrogen) atoms. The topological polar surface area (TPSA) is 46.1 Å². The van der Waals surface area contributed by atoms with Crippen LogP contribution in [0.4, 0.5) is 5.82 Å². The van der Waals surface area contributed by atoms with Crippen molar-refractivity contribution in [2.45, 2.75) is 37.9 Å². The third-order valence-corrected chi connectivity index (χ3v) is 7.24. The lowest BCUT2D eigenvalue weighted by Crippen LogP contribution is -2.53. The fourth-order valence-electron chi connectivity index (χ4n) is 3.33. The maximum Gasteiger partial charge on any atom is 0.135 e. The molecule has 2 heterocycles. The first-order chi connectivity index (χ1) is 11.7. The fraction of sp³-hybridized carbons (Fsp3) is 0.474. The van der Waals surface area contributed by atoms with E-state index in [-0.39, 0.29) is 4.75 Å². The molecule has 5 heteroatoms. The molecular weight excluding hydrogens is 318 g/mol. The van der Waals surface area contributed by atoms with Crippen molar-refractivity contribution in [3.05, 3.63) is 54.0 Å². The number of rotatable bonds is 5. The SMILES string of the molecule is CCC1(CC)CN(c2ccnc(Cc3ccccc3)n2)CCS1=O. The van der Waals surface area contributed by atoms with Crippen molar-refractivity contribution >= 4 is 16.6 Å². The number of hydrogen-bond donors (Lipinski definition) is 0. The second-order valence-electron chi connectivity index (χ2n) is 6.35. The highest BCUT2D eigenvalue weighted by Gasteiger charge is 2.39. The molecule has 0 amide bonds. The summed E-state index contributed by atoms with van der Waals surface area (Å²) in [6.07, 6.45) is 4.45. The van der Waals surface area contributed by atoms with Crippen LogP contribution in [0.15, 0.2) is 42.6 Å². The first-order valence-corrected chi connectivity index (χ1v) is 9.98. The molecule has 1 fully saturated rings. The fourth-order valence-corrected chi connectivity index (χ4v) is 5.09. The molecule has 0 bridgehead atoms. The van der Waals surface area contributed by atoms with Gasteiger partial charge < -0.3 is 4.90 Å². The lowest BCUT2D eigenvalue weighted by molar-refractivity contribution is 0.494. The molecule has 4 nitrogen and oxygen atoms in total. The van der Waals surface area contributed by atoms with E-state index in [4.69, 9.17) is 4.98 Å². The summed E-state index contributed by atoms with van der Waals surface area (Å²) < 4.78 is 12.4. The molecule has 1 unspecified atom stereocenters. The van der Waals surface area contributed by atoms with E-state index >= 15 is 0 Å². The van der Waals surface area contributed by atoms with Crippen LogP contribution in [0.5, 0.6) is 0 Å². The van der Waals surface area contributed by atoms with Gasteiger partial charge in [-0.2, -0.15) is 0 Å². The molecule has 1 aromatic carbocycles. The van der Waals surface area contributed by atoms with Crippen molar-refractivity contribution in [3.8, 4) is 0 Å². The summed E-state index contributed by atoms with van der Waals surface area (Å²) in [6, 6.07) is 12.3. The van der Waals surface area contributed by atoms with Gasteiger partial charge in [-0.25, -0.2) is 9.97 Å². The lowest BCUT2D eigenvalue weighted by atomic mass is 10.0. The highest BCUT2D eigenvalue weighted by atomic mass is 32.2. The van der Waals surface area contributed by atoms with Gasteiger partial charge in [0.15, 0.2) is 0 Å². The van der Waals surface area contributed by atoms with Gasteiger partial charge in [0.1, 0.15) is 11.6 Å². The predicted octanol–water partition coefficient (Wildman–Crippen LogP) is 3.19. The van der Waals surface area contributed by atoms with Crippen LogP contribution in [0.25, 0.3) is 0 Å². The summed E-state index contributed by atoms with van der Waals surface area (Å²) in [5.74, 6) is 2.52. The van der Waals surface area contributed by atoms with Crippen LogP contribution >= 0.6 is 0 Å². The van der Waals surface area contributed by atoms with Gasteiger partial charge in [-0.15, -0.1) is 0 Å². The second-order valence-corrected chi connectivity index (χ2v) is 8.32. The van der Waals surface area contributed by atoms with E-state index in [1.807, 2.05) is 30.5 Å². The summed E-state index contributed by atoms with van der Waals surface area (Å²) >= 11 is 0. The average molecular weight is 343 g/mol. The predicted molar refractivity (Wildman–Crippen MR) is 99.8 cm³/mol. The molecule has 2 aromatic rings. The third-order valence-electron chi connectivity index (χ3n) is 5.02. The number of benzene rings is 1. The van der Waals surface area contributed by atoms with E-state index in [0.29, 0.717) is 0 Å². The van der Waals surface area contributed by atoms with Crippen molar-refractivity contribution in [3.63, 3.8) is 0 Å². The molecule has 1 saturated heterocycles. The number of aromatic nitrogens is 2. The second kappa shape index (κ2) is 7.43. The van der Waals surface area contributed by atoms with Gasteiger partial charge in [0, 0.05) is 42.3 Å². The van der Waals surface area contributed by atoms with Crippen LogP contribution in [0.3, 0.4) is 0 Å². The van der Waals surface area contributed by atoms with Crippen LogP contribution in [-0.2, 0) is 17.2 Å². The minimum Gasteiger partial charge on any atom is -0.354 e. The van der Waals surface area contributed by atoms with Gasteiger partial charge in [-0.05, 0) is 24.5 Å². The average Bonchev–Trinajstić information content (AvgIpc) is 2.63. The van der Waals surface area contributed by atoms with Gasteiger partial charge in [-0.1, -0.05) is 44.2 Å². The largest absolute Gasteiger partial charge is 0.354 e. The molecule has 1 atom stereocenters. The van der Waals surface area contributed by atoms with Gasteiger partial charge in [0.25, 0.3) is 0 Å². The molecule has 0 radical (unpaired) electrons. The number of nitrogens with zero attached hydrogens (tertiary/aromatic N) is 3. The number of anilines is 1. The van der Waals surface area contributed by atoms with E-state index in [9.17, 15) is 4.21 Å². The highest BCUT2D eigenvalue weighted by Crippen LogP contribution is 2.30. The Morgan fingerprint density at radius 3 is 2.62 bits per heavy atom. The van der Waals surface area contributed by atoms with E-state index in [1.165, 1.54) is 5.56 Å². The minimum atomic E-state index is -0.753. The summed E-state index contributed by atoms with van der Waals surface area (Å²) in [6.45, 7) is 5.90. The molecule has 0 aliphatic carbocycles. The molecule has 1 aliphatic rings. The Balaban J connectivity index is 1.80. The Morgan fingerprint density at radius 1 is 1.17 bits per heavy atom. The van der Waals surface area contributed by atoms with Crippen LogP contribution in [-0.4, -0.2) is 37.8 Å². The Hall–Kier alpha value is -1.75. The normalized spacial score (nSPS) is 20.1. The van der Waals surface area contributed by atoms with Crippen molar-refractivity contribution < 1.29 is 4.21 Å². The minimum absolute atomic E-state index is 0.108. The summed E-state index contributed by atoms with van der Waals surface area (Å²) in [7, 11) is -0.753. The molecule has 0 N–H and O–H groups in total. The van der Waals surface area contributed by atoms with Gasteiger partial charge in [0.2, 0.25) is 0 Å². The zero-order valence-electron chi connectivity index (χ0n) is 14.4. The van der Waals surface area contributed by atoms with E-state index in [0.717, 1.165) is 49.7 Å². The maximum absolute atomic E-state index is 12.5. The summed E-state index contributed by atoms with van der Waals surface area (Å²) in [4.78, 5) is 11.5. The van der Waals surface area contributed by atoms with Crippen LogP contribution < -0.4 is 4.90 Å². The standard InChI is InChI=1S/C19H25N3OS/c1-3-19(4-2)15-22(12-13-24(19)23)18-10-11-20-17(21-18)14-16-8-6-5-7-9-16/h5-11H,3-4,12-15H2,1-2H3. The van der Waals surface area contributed by atoms with E-state index in [2.05, 4.69) is 35.9 Å². The smallest absolute Gasteiger partial charge is 0.135 e. The first-order valence-electron chi connectivity index (χ1n) is 8.66. The Kier molecular flexibility index (Phi) is 5.29. The zero-order chi connectivity index (χ0) is 17.0. The molecule has 1 aliphatic heterocycles. The first kappa shape index (κ1) is 17.1. The molecule has 3 rings (SSSR count). The third kappa shape index (κ3) is 3.51. The van der Waals surface area contributed by atoms with Crippen molar-refractivity contribution in [2.24, 2.45) is 0 Å². The zero-order valence-corrected chi connectivity index (χ0v) is 15.3. The van der Waals surface area contributed by atoms with Crippen LogP contribution in [0.1, 0.15) is 38.1 Å². The lowest BCUT2D eigenvalue weighted by Gasteiger charge is -2.41. The van der Waals surface area contributed by atoms with Crippen molar-refractivity contribution in [1.82, 2.24) is 9.97 Å². The monoisotopic (exact) mass is 343 g/mol. The number of hydrogen-bond acceptors (Lipinski definition) is 4. The molecule has 0 spiro atoms. The van der Waals surface area contributed by atoms with Crippen LogP contribution in [0.2, 0.25) is 0 Å². The molecular formula is C19H25N3OS. The van der Waals surface area contributed by atoms with Gasteiger partial charge >= 0.3 is 0 Å². The Labute approximate surface area is 146 Å². The summed E-state index contributed by atoms with van der Waals surface area (Å²) in [5, 5.41) is 0. The van der Waals surface area contributed by atoms with E-state index < -0.39 is 10.8 Å². The van der Waals surface area contributed by atoms with Crippen molar-refractivity contribution in [2.75, 3.05) is 23.7 Å². The molecule has 128 valence electrons. The van der Waals surface area contributed by atoms with Gasteiger partial charge in [-0.3, -0.25) is 4.21 Å². The molecule has 1 aromatic heterocycles. The summed E-state index contributed by atoms with van der Waals surface area (Å²) in [5.41, 5.74) is 1.21. The Bertz CT molecular complexity index is 701. The highest BCUT2D eigenvalue weighted by molar-refractivity contribution is 7.86. The molecule has 0 saturated carbocycles. The Morgan fingerprint density at radius 2 is 1.92 bits per heavy atom. The van der Waals surface area contributed by atoms with Crippen LogP contribution in [0, 0.1) is 0 Å². The van der Waals surface area contributed by atoms with E-state index in [1.54, 1.807) is 0 Å².